The van der Waals surface area contributed by atoms with E-state index in [1.165, 1.54) is 16.2 Å². The number of rotatable bonds is 2. The lowest BCUT2D eigenvalue weighted by molar-refractivity contribution is -0.128. The predicted molar refractivity (Wildman–Crippen MR) is 67.0 cm³/mol. The molecule has 0 fully saturated rings. The van der Waals surface area contributed by atoms with Crippen LogP contribution in [0, 0.1) is 0 Å². The topological polar surface area (TPSA) is 63.8 Å². The first-order valence-electron chi connectivity index (χ1n) is 5.82. The third-order valence-electron chi connectivity index (χ3n) is 3.11. The number of nitrogen functional groups attached to an aromatic ring is 1. The lowest BCUT2D eigenvalue weighted by Crippen LogP contribution is -2.16. The Hall–Kier alpha value is -1.41. The van der Waals surface area contributed by atoms with Gasteiger partial charge in [-0.05, 0) is 24.8 Å². The van der Waals surface area contributed by atoms with Crippen LogP contribution in [0.2, 0.25) is 0 Å². The fourth-order valence-corrected chi connectivity index (χ4v) is 3.68. The highest BCUT2D eigenvalue weighted by Crippen LogP contribution is 2.39. The SMILES string of the molecule is NNc1nc(CC(F)(F)F)nc2sc3c(c12)CCC3. The van der Waals surface area contributed by atoms with Crippen molar-refractivity contribution >= 4 is 27.4 Å². The maximum atomic E-state index is 12.4. The summed E-state index contributed by atoms with van der Waals surface area (Å²) in [5.74, 6) is 5.44. The largest absolute Gasteiger partial charge is 0.396 e. The van der Waals surface area contributed by atoms with Crippen molar-refractivity contribution in [2.24, 2.45) is 5.84 Å². The van der Waals surface area contributed by atoms with Crippen molar-refractivity contribution in [3.63, 3.8) is 0 Å². The molecule has 0 amide bonds. The van der Waals surface area contributed by atoms with E-state index in [1.807, 2.05) is 0 Å². The zero-order valence-electron chi connectivity index (χ0n) is 9.84. The number of aryl methyl sites for hydroxylation is 2. The van der Waals surface area contributed by atoms with Crippen LogP contribution in [0.1, 0.15) is 22.7 Å². The summed E-state index contributed by atoms with van der Waals surface area (Å²) < 4.78 is 37.2. The highest BCUT2D eigenvalue weighted by atomic mass is 32.1. The summed E-state index contributed by atoms with van der Waals surface area (Å²) in [5.41, 5.74) is 3.53. The Labute approximate surface area is 110 Å². The Morgan fingerprint density at radius 3 is 2.74 bits per heavy atom. The van der Waals surface area contributed by atoms with Gasteiger partial charge < -0.3 is 5.43 Å². The maximum Gasteiger partial charge on any atom is 0.396 e. The first-order chi connectivity index (χ1) is 8.98. The second kappa shape index (κ2) is 4.31. The van der Waals surface area contributed by atoms with E-state index in [-0.39, 0.29) is 5.82 Å². The van der Waals surface area contributed by atoms with Crippen molar-refractivity contribution in [2.45, 2.75) is 31.9 Å². The van der Waals surface area contributed by atoms with E-state index in [1.54, 1.807) is 0 Å². The molecule has 3 N–H and O–H groups in total. The molecule has 3 rings (SSSR count). The monoisotopic (exact) mass is 288 g/mol. The molecule has 19 heavy (non-hydrogen) atoms. The summed E-state index contributed by atoms with van der Waals surface area (Å²) in [6, 6.07) is 0. The van der Waals surface area contributed by atoms with E-state index in [0.29, 0.717) is 10.6 Å². The number of fused-ring (bicyclic) bond motifs is 3. The highest BCUT2D eigenvalue weighted by Gasteiger charge is 2.31. The van der Waals surface area contributed by atoms with E-state index in [4.69, 9.17) is 5.84 Å². The van der Waals surface area contributed by atoms with Gasteiger partial charge in [-0.1, -0.05) is 0 Å². The number of halogens is 3. The van der Waals surface area contributed by atoms with Gasteiger partial charge in [0.15, 0.2) is 5.82 Å². The molecule has 0 spiro atoms. The summed E-state index contributed by atoms with van der Waals surface area (Å²) in [6.45, 7) is 0. The van der Waals surface area contributed by atoms with Gasteiger partial charge in [0.05, 0.1) is 5.39 Å². The van der Waals surface area contributed by atoms with Crippen molar-refractivity contribution < 1.29 is 13.2 Å². The molecule has 0 saturated heterocycles. The normalized spacial score (nSPS) is 14.9. The lowest BCUT2D eigenvalue weighted by Gasteiger charge is -2.08. The van der Waals surface area contributed by atoms with Gasteiger partial charge in [-0.3, -0.25) is 0 Å². The first-order valence-corrected chi connectivity index (χ1v) is 6.64. The number of alkyl halides is 3. The summed E-state index contributed by atoms with van der Waals surface area (Å²) in [6.07, 6.45) is -2.54. The van der Waals surface area contributed by atoms with E-state index in [0.717, 1.165) is 30.2 Å². The number of hydrogen-bond donors (Lipinski definition) is 2. The van der Waals surface area contributed by atoms with Crippen molar-refractivity contribution in [1.82, 2.24) is 9.97 Å². The molecule has 1 aliphatic carbocycles. The minimum atomic E-state index is -4.32. The second-order valence-electron chi connectivity index (χ2n) is 4.46. The molecule has 0 aliphatic heterocycles. The average molecular weight is 288 g/mol. The van der Waals surface area contributed by atoms with Crippen LogP contribution in [0.15, 0.2) is 0 Å². The van der Waals surface area contributed by atoms with Crippen LogP contribution in [-0.2, 0) is 19.3 Å². The van der Waals surface area contributed by atoms with Crippen LogP contribution in [0.5, 0.6) is 0 Å². The van der Waals surface area contributed by atoms with Gasteiger partial charge >= 0.3 is 6.18 Å². The molecule has 2 heterocycles. The van der Waals surface area contributed by atoms with Gasteiger partial charge in [0.25, 0.3) is 0 Å². The van der Waals surface area contributed by atoms with Crippen LogP contribution in [0.25, 0.3) is 10.2 Å². The molecule has 0 bridgehead atoms. The molecule has 0 atom stereocenters. The quantitative estimate of drug-likeness (QED) is 0.658. The smallest absolute Gasteiger partial charge is 0.308 e. The van der Waals surface area contributed by atoms with Crippen molar-refractivity contribution in [2.75, 3.05) is 5.43 Å². The van der Waals surface area contributed by atoms with Gasteiger partial charge in [-0.2, -0.15) is 13.2 Å². The number of anilines is 1. The Morgan fingerprint density at radius 1 is 1.26 bits per heavy atom. The number of hydrazine groups is 1. The predicted octanol–water partition coefficient (Wildman–Crippen LogP) is 2.57. The van der Waals surface area contributed by atoms with Crippen molar-refractivity contribution in [1.29, 1.82) is 0 Å². The van der Waals surface area contributed by atoms with Gasteiger partial charge in [0, 0.05) is 4.88 Å². The Balaban J connectivity index is 2.14. The minimum absolute atomic E-state index is 0.243. The van der Waals surface area contributed by atoms with Gasteiger partial charge in [-0.15, -0.1) is 11.3 Å². The number of aromatic nitrogens is 2. The summed E-state index contributed by atoms with van der Waals surface area (Å²) in [4.78, 5) is 9.69. The molecular formula is C11H11F3N4S. The van der Waals surface area contributed by atoms with Gasteiger partial charge in [0.1, 0.15) is 17.1 Å². The van der Waals surface area contributed by atoms with Crippen molar-refractivity contribution in [3.05, 3.63) is 16.3 Å². The molecular weight excluding hydrogens is 277 g/mol. The fourth-order valence-electron chi connectivity index (χ4n) is 2.40. The molecule has 0 unspecified atom stereocenters. The highest BCUT2D eigenvalue weighted by molar-refractivity contribution is 7.19. The van der Waals surface area contributed by atoms with Gasteiger partial charge in [-0.25, -0.2) is 15.8 Å². The van der Waals surface area contributed by atoms with Crippen LogP contribution < -0.4 is 11.3 Å². The lowest BCUT2D eigenvalue weighted by atomic mass is 10.2. The number of thiophene rings is 1. The van der Waals surface area contributed by atoms with Crippen LogP contribution in [-0.4, -0.2) is 16.1 Å². The second-order valence-corrected chi connectivity index (χ2v) is 5.55. The van der Waals surface area contributed by atoms with Gasteiger partial charge in [0.2, 0.25) is 0 Å². The third-order valence-corrected chi connectivity index (χ3v) is 4.29. The number of nitrogens with two attached hydrogens (primary N) is 1. The molecule has 1 aliphatic rings. The van der Waals surface area contributed by atoms with E-state index in [2.05, 4.69) is 15.4 Å². The number of nitrogens with one attached hydrogen (secondary N) is 1. The molecule has 0 aromatic carbocycles. The molecule has 2 aromatic heterocycles. The Morgan fingerprint density at radius 2 is 2.05 bits per heavy atom. The molecule has 0 radical (unpaired) electrons. The van der Waals surface area contributed by atoms with Crippen molar-refractivity contribution in [3.8, 4) is 0 Å². The first kappa shape index (κ1) is 12.6. The van der Waals surface area contributed by atoms with E-state index >= 15 is 0 Å². The fraction of sp³-hybridized carbons (Fsp3) is 0.455. The molecule has 2 aromatic rings. The zero-order chi connectivity index (χ0) is 13.6. The van der Waals surface area contributed by atoms with Crippen LogP contribution in [0.4, 0.5) is 19.0 Å². The molecule has 0 saturated carbocycles. The van der Waals surface area contributed by atoms with E-state index in [9.17, 15) is 13.2 Å². The maximum absolute atomic E-state index is 12.4. The summed E-state index contributed by atoms with van der Waals surface area (Å²) in [5, 5.41) is 0.783. The average Bonchev–Trinajstić information content (AvgIpc) is 2.85. The standard InChI is InChI=1S/C11H11F3N4S/c12-11(13,14)4-7-16-9(18-15)8-5-2-1-3-6(5)19-10(8)17-7/h1-4,15H2,(H,16,17,18). The summed E-state index contributed by atoms with van der Waals surface area (Å²) >= 11 is 1.44. The minimum Gasteiger partial charge on any atom is -0.308 e. The third kappa shape index (κ3) is 2.25. The summed E-state index contributed by atoms with van der Waals surface area (Å²) in [7, 11) is 0. The van der Waals surface area contributed by atoms with Crippen LogP contribution >= 0.6 is 11.3 Å². The molecule has 102 valence electrons. The van der Waals surface area contributed by atoms with E-state index < -0.39 is 12.6 Å². The Kier molecular flexibility index (Phi) is 2.86. The molecule has 4 nitrogen and oxygen atoms in total. The zero-order valence-corrected chi connectivity index (χ0v) is 10.7. The van der Waals surface area contributed by atoms with Crippen LogP contribution in [0.3, 0.4) is 0 Å². The Bertz CT molecular complexity index is 635. The number of nitrogens with zero attached hydrogens (tertiary/aromatic N) is 2. The molecule has 8 heteroatoms. The number of hydrogen-bond acceptors (Lipinski definition) is 5.